The van der Waals surface area contributed by atoms with Crippen molar-refractivity contribution >= 4 is 16.8 Å². The van der Waals surface area contributed by atoms with Crippen LogP contribution in [0.5, 0.6) is 0 Å². The van der Waals surface area contributed by atoms with Gasteiger partial charge in [0.05, 0.1) is 29.7 Å². The molecule has 0 aliphatic heterocycles. The van der Waals surface area contributed by atoms with E-state index in [4.69, 9.17) is 4.74 Å². The van der Waals surface area contributed by atoms with E-state index in [0.717, 1.165) is 38.3 Å². The molecule has 0 spiro atoms. The number of aromatic nitrogens is 1. The molecule has 0 radical (unpaired) electrons. The van der Waals surface area contributed by atoms with Gasteiger partial charge in [0.15, 0.2) is 0 Å². The predicted molar refractivity (Wildman–Crippen MR) is 106 cm³/mol. The molecule has 8 heteroatoms. The van der Waals surface area contributed by atoms with Crippen LogP contribution in [0.25, 0.3) is 10.9 Å². The van der Waals surface area contributed by atoms with Crippen molar-refractivity contribution in [2.75, 3.05) is 6.61 Å². The van der Waals surface area contributed by atoms with Crippen LogP contribution in [0, 0.1) is 5.82 Å². The second kappa shape index (κ2) is 8.49. The van der Waals surface area contributed by atoms with Crippen molar-refractivity contribution in [2.45, 2.75) is 69.7 Å². The monoisotopic (exact) mass is 426 g/mol. The first-order valence-corrected chi connectivity index (χ1v) is 10.1. The number of rotatable bonds is 6. The molecule has 3 rings (SSSR count). The molecule has 0 saturated heterocycles. The maximum atomic E-state index is 13.8. The number of carbonyl (C=O) groups is 1. The summed E-state index contributed by atoms with van der Waals surface area (Å²) in [6, 6.07) is 5.73. The third-order valence-electron chi connectivity index (χ3n) is 5.58. The minimum absolute atomic E-state index is 0.0605. The summed E-state index contributed by atoms with van der Waals surface area (Å²) in [7, 11) is 0. The zero-order chi connectivity index (χ0) is 22.0. The molecule has 30 heavy (non-hydrogen) atoms. The Labute approximate surface area is 173 Å². The van der Waals surface area contributed by atoms with Crippen molar-refractivity contribution in [1.29, 1.82) is 0 Å². The highest BCUT2D eigenvalue weighted by Crippen LogP contribution is 2.34. The molecule has 1 heterocycles. The number of carbonyl (C=O) groups excluding carboxylic acids is 1. The minimum atomic E-state index is -4.48. The molecule has 164 valence electrons. The van der Waals surface area contributed by atoms with Gasteiger partial charge in [-0.3, -0.25) is 9.78 Å². The van der Waals surface area contributed by atoms with E-state index in [2.05, 4.69) is 10.3 Å². The summed E-state index contributed by atoms with van der Waals surface area (Å²) in [5, 5.41) is 2.88. The molecule has 1 atom stereocenters. The molecule has 1 fully saturated rings. The molecular formula is C22H26F4N2O2. The molecule has 1 aliphatic carbocycles. The first-order chi connectivity index (χ1) is 14.0. The standard InChI is InChI=1S/C22H26F4N2O2/c1-20(13-22(24,25)26,14-30-21(2)9-4-3-5-10-21)28-19(29)16-11-15-7-6-8-17(23)18(15)27-12-16/h6-8,11-12H,3-5,9-10,13-14H2,1-2H3,(H,28,29). The number of ether oxygens (including phenoxy) is 1. The Hall–Kier alpha value is -2.22. The van der Waals surface area contributed by atoms with Crippen molar-refractivity contribution in [3.63, 3.8) is 0 Å². The van der Waals surface area contributed by atoms with Gasteiger partial charge >= 0.3 is 6.18 Å². The van der Waals surface area contributed by atoms with Gasteiger partial charge in [-0.15, -0.1) is 0 Å². The molecule has 1 aromatic heterocycles. The lowest BCUT2D eigenvalue weighted by atomic mass is 9.86. The van der Waals surface area contributed by atoms with E-state index in [0.29, 0.717) is 5.39 Å². The molecule has 1 aliphatic rings. The van der Waals surface area contributed by atoms with Crippen molar-refractivity contribution in [3.05, 3.63) is 41.8 Å². The summed E-state index contributed by atoms with van der Waals surface area (Å²) in [6.07, 6.45) is 0.0485. The number of pyridine rings is 1. The quantitative estimate of drug-likeness (QED) is 0.616. The van der Waals surface area contributed by atoms with Gasteiger partial charge in [0.2, 0.25) is 0 Å². The van der Waals surface area contributed by atoms with Crippen LogP contribution in [0.4, 0.5) is 17.6 Å². The topological polar surface area (TPSA) is 51.2 Å². The summed E-state index contributed by atoms with van der Waals surface area (Å²) < 4.78 is 59.5. The molecule has 1 aromatic carbocycles. The van der Waals surface area contributed by atoms with Crippen LogP contribution < -0.4 is 5.32 Å². The van der Waals surface area contributed by atoms with Crippen LogP contribution in [-0.2, 0) is 4.74 Å². The Bertz CT molecular complexity index is 910. The van der Waals surface area contributed by atoms with Crippen LogP contribution in [-0.4, -0.2) is 34.8 Å². The lowest BCUT2D eigenvalue weighted by molar-refractivity contribution is -0.161. The summed E-state index contributed by atoms with van der Waals surface area (Å²) >= 11 is 0. The number of fused-ring (bicyclic) bond motifs is 1. The Kier molecular flexibility index (Phi) is 6.36. The fourth-order valence-electron chi connectivity index (χ4n) is 3.95. The number of nitrogens with one attached hydrogen (secondary N) is 1. The van der Waals surface area contributed by atoms with E-state index in [1.165, 1.54) is 25.1 Å². The average molecular weight is 426 g/mol. The normalized spacial score (nSPS) is 18.7. The number of hydrogen-bond donors (Lipinski definition) is 1. The number of amides is 1. The SMILES string of the molecule is CC(COC1(C)CCCCC1)(CC(F)(F)F)NC(=O)c1cnc2c(F)cccc2c1. The number of halogens is 4. The highest BCUT2D eigenvalue weighted by atomic mass is 19.4. The van der Waals surface area contributed by atoms with E-state index in [-0.39, 0.29) is 17.7 Å². The second-order valence-corrected chi connectivity index (χ2v) is 8.64. The number of para-hydroxylation sites is 1. The van der Waals surface area contributed by atoms with E-state index in [9.17, 15) is 22.4 Å². The summed E-state index contributed by atoms with van der Waals surface area (Å²) in [4.78, 5) is 16.7. The highest BCUT2D eigenvalue weighted by molar-refractivity contribution is 5.97. The lowest BCUT2D eigenvalue weighted by Gasteiger charge is -2.39. The number of benzene rings is 1. The lowest BCUT2D eigenvalue weighted by Crippen LogP contribution is -2.53. The molecule has 1 amide bonds. The van der Waals surface area contributed by atoms with Gasteiger partial charge in [0, 0.05) is 11.6 Å². The van der Waals surface area contributed by atoms with Crippen molar-refractivity contribution < 1.29 is 27.1 Å². The molecule has 0 bridgehead atoms. The van der Waals surface area contributed by atoms with Gasteiger partial charge in [0.25, 0.3) is 5.91 Å². The zero-order valence-corrected chi connectivity index (χ0v) is 17.1. The van der Waals surface area contributed by atoms with Crippen molar-refractivity contribution in [3.8, 4) is 0 Å². The maximum Gasteiger partial charge on any atom is 0.391 e. The molecule has 1 saturated carbocycles. The largest absolute Gasteiger partial charge is 0.391 e. The number of nitrogens with zero attached hydrogens (tertiary/aromatic N) is 1. The van der Waals surface area contributed by atoms with Gasteiger partial charge in [-0.05, 0) is 38.8 Å². The first-order valence-electron chi connectivity index (χ1n) is 10.1. The summed E-state index contributed by atoms with van der Waals surface area (Å²) in [5.41, 5.74) is -1.98. The molecule has 1 N–H and O–H groups in total. The fraction of sp³-hybridized carbons (Fsp3) is 0.545. The van der Waals surface area contributed by atoms with E-state index < -0.39 is 35.5 Å². The fourth-order valence-corrected chi connectivity index (χ4v) is 3.95. The van der Waals surface area contributed by atoms with Gasteiger partial charge < -0.3 is 10.1 Å². The Morgan fingerprint density at radius 1 is 1.23 bits per heavy atom. The first kappa shape index (κ1) is 22.5. The van der Waals surface area contributed by atoms with Gasteiger partial charge in [0.1, 0.15) is 11.3 Å². The van der Waals surface area contributed by atoms with E-state index >= 15 is 0 Å². The predicted octanol–water partition coefficient (Wildman–Crippen LogP) is 5.55. The van der Waals surface area contributed by atoms with Crippen molar-refractivity contribution in [2.24, 2.45) is 0 Å². The van der Waals surface area contributed by atoms with Crippen LogP contribution in [0.15, 0.2) is 30.5 Å². The zero-order valence-electron chi connectivity index (χ0n) is 17.1. The van der Waals surface area contributed by atoms with Gasteiger partial charge in [-0.25, -0.2) is 4.39 Å². The van der Waals surface area contributed by atoms with E-state index in [1.807, 2.05) is 6.92 Å². The van der Waals surface area contributed by atoms with Crippen LogP contribution in [0.3, 0.4) is 0 Å². The van der Waals surface area contributed by atoms with Crippen LogP contribution >= 0.6 is 0 Å². The van der Waals surface area contributed by atoms with Gasteiger partial charge in [-0.2, -0.15) is 13.2 Å². The third-order valence-corrected chi connectivity index (χ3v) is 5.58. The molecule has 4 nitrogen and oxygen atoms in total. The Balaban J connectivity index is 1.78. The smallest absolute Gasteiger partial charge is 0.373 e. The summed E-state index contributed by atoms with van der Waals surface area (Å²) in [5.74, 6) is -1.24. The van der Waals surface area contributed by atoms with E-state index in [1.54, 1.807) is 6.07 Å². The Morgan fingerprint density at radius 3 is 2.60 bits per heavy atom. The van der Waals surface area contributed by atoms with Crippen molar-refractivity contribution in [1.82, 2.24) is 10.3 Å². The molecular weight excluding hydrogens is 400 g/mol. The molecule has 1 unspecified atom stereocenters. The second-order valence-electron chi connectivity index (χ2n) is 8.64. The number of hydrogen-bond acceptors (Lipinski definition) is 3. The van der Waals surface area contributed by atoms with Gasteiger partial charge in [-0.1, -0.05) is 31.4 Å². The Morgan fingerprint density at radius 2 is 1.93 bits per heavy atom. The number of alkyl halides is 3. The highest BCUT2D eigenvalue weighted by Gasteiger charge is 2.42. The third kappa shape index (κ3) is 5.68. The minimum Gasteiger partial charge on any atom is -0.373 e. The maximum absolute atomic E-state index is 13.8. The average Bonchev–Trinajstić information content (AvgIpc) is 2.66. The van der Waals surface area contributed by atoms with Crippen LogP contribution in [0.1, 0.15) is 62.7 Å². The summed E-state index contributed by atoms with van der Waals surface area (Å²) in [6.45, 7) is 2.98. The van der Waals surface area contributed by atoms with Crippen LogP contribution in [0.2, 0.25) is 0 Å². The molecule has 2 aromatic rings.